The lowest BCUT2D eigenvalue weighted by Gasteiger charge is -2.23. The van der Waals surface area contributed by atoms with E-state index in [2.05, 4.69) is 31.1 Å². The Kier molecular flexibility index (Phi) is 4.94. The van der Waals surface area contributed by atoms with E-state index in [0.29, 0.717) is 17.3 Å². The third-order valence-corrected chi connectivity index (χ3v) is 3.19. The molecule has 1 heterocycles. The standard InChI is InChI=1S/C13H21N3O/c1-4-10(5-2)9(3)16-13-11(12(14)17)7-6-8-15-13/h6-10H,4-5H2,1-3H3,(H2,14,17)(H,15,16). The fourth-order valence-electron chi connectivity index (χ4n) is 2.05. The van der Waals surface area contributed by atoms with Crippen molar-refractivity contribution in [1.82, 2.24) is 4.98 Å². The Labute approximate surface area is 103 Å². The number of rotatable bonds is 6. The van der Waals surface area contributed by atoms with Crippen molar-refractivity contribution in [3.8, 4) is 0 Å². The van der Waals surface area contributed by atoms with Crippen molar-refractivity contribution >= 4 is 11.7 Å². The van der Waals surface area contributed by atoms with Crippen LogP contribution in [0.1, 0.15) is 44.0 Å². The molecule has 4 heteroatoms. The summed E-state index contributed by atoms with van der Waals surface area (Å²) in [5, 5.41) is 3.28. The molecule has 0 aromatic carbocycles. The zero-order valence-corrected chi connectivity index (χ0v) is 10.7. The second kappa shape index (κ2) is 6.23. The van der Waals surface area contributed by atoms with Gasteiger partial charge in [-0.3, -0.25) is 4.79 Å². The van der Waals surface area contributed by atoms with E-state index in [9.17, 15) is 4.79 Å². The molecule has 1 rings (SSSR count). The Bertz CT molecular complexity index is 375. The van der Waals surface area contributed by atoms with E-state index in [0.717, 1.165) is 12.8 Å². The summed E-state index contributed by atoms with van der Waals surface area (Å²) in [6.45, 7) is 6.44. The van der Waals surface area contributed by atoms with Crippen molar-refractivity contribution in [2.75, 3.05) is 5.32 Å². The maximum absolute atomic E-state index is 11.3. The summed E-state index contributed by atoms with van der Waals surface area (Å²) in [4.78, 5) is 15.4. The zero-order chi connectivity index (χ0) is 12.8. The van der Waals surface area contributed by atoms with E-state index in [1.54, 1.807) is 18.3 Å². The number of hydrogen-bond donors (Lipinski definition) is 2. The molecule has 0 bridgehead atoms. The van der Waals surface area contributed by atoms with E-state index in [1.807, 2.05) is 0 Å². The van der Waals surface area contributed by atoms with Crippen molar-refractivity contribution < 1.29 is 4.79 Å². The fourth-order valence-corrected chi connectivity index (χ4v) is 2.05. The molecule has 0 aliphatic heterocycles. The summed E-state index contributed by atoms with van der Waals surface area (Å²) < 4.78 is 0. The summed E-state index contributed by atoms with van der Waals surface area (Å²) in [5.74, 6) is 0.703. The van der Waals surface area contributed by atoms with Gasteiger partial charge in [-0.15, -0.1) is 0 Å². The Morgan fingerprint density at radius 2 is 2.12 bits per heavy atom. The van der Waals surface area contributed by atoms with Crippen LogP contribution in [0.4, 0.5) is 5.82 Å². The van der Waals surface area contributed by atoms with Gasteiger partial charge in [0, 0.05) is 12.2 Å². The van der Waals surface area contributed by atoms with Gasteiger partial charge in [0.2, 0.25) is 0 Å². The number of nitrogens with two attached hydrogens (primary N) is 1. The number of primary amides is 1. The van der Waals surface area contributed by atoms with Crippen LogP contribution in [-0.2, 0) is 0 Å². The van der Waals surface area contributed by atoms with Crippen LogP contribution in [0.5, 0.6) is 0 Å². The van der Waals surface area contributed by atoms with Gasteiger partial charge in [-0.2, -0.15) is 0 Å². The first-order valence-corrected chi connectivity index (χ1v) is 6.11. The van der Waals surface area contributed by atoms with Crippen LogP contribution in [0.2, 0.25) is 0 Å². The third kappa shape index (κ3) is 3.44. The Hall–Kier alpha value is -1.58. The summed E-state index contributed by atoms with van der Waals surface area (Å²) >= 11 is 0. The molecule has 1 atom stereocenters. The minimum atomic E-state index is -0.447. The van der Waals surface area contributed by atoms with E-state index >= 15 is 0 Å². The average Bonchev–Trinajstić information content (AvgIpc) is 2.31. The molecule has 1 amide bonds. The first-order chi connectivity index (χ1) is 8.10. The van der Waals surface area contributed by atoms with Gasteiger partial charge in [-0.1, -0.05) is 26.7 Å². The number of amides is 1. The predicted octanol–water partition coefficient (Wildman–Crippen LogP) is 2.42. The molecule has 94 valence electrons. The molecule has 0 spiro atoms. The van der Waals surface area contributed by atoms with Gasteiger partial charge < -0.3 is 11.1 Å². The molecular weight excluding hydrogens is 214 g/mol. The lowest BCUT2D eigenvalue weighted by molar-refractivity contribution is 0.100. The zero-order valence-electron chi connectivity index (χ0n) is 10.7. The van der Waals surface area contributed by atoms with Crippen molar-refractivity contribution in [2.24, 2.45) is 11.7 Å². The second-order valence-electron chi connectivity index (χ2n) is 4.27. The van der Waals surface area contributed by atoms with Crippen LogP contribution in [0.25, 0.3) is 0 Å². The lowest BCUT2D eigenvalue weighted by atomic mass is 9.95. The molecule has 3 N–H and O–H groups in total. The minimum absolute atomic E-state index is 0.276. The van der Waals surface area contributed by atoms with Crippen LogP contribution in [0, 0.1) is 5.92 Å². The van der Waals surface area contributed by atoms with Gasteiger partial charge in [0.15, 0.2) is 0 Å². The molecule has 4 nitrogen and oxygen atoms in total. The highest BCUT2D eigenvalue weighted by Crippen LogP contribution is 2.19. The van der Waals surface area contributed by atoms with E-state index in [-0.39, 0.29) is 6.04 Å². The fraction of sp³-hybridized carbons (Fsp3) is 0.538. The predicted molar refractivity (Wildman–Crippen MR) is 69.9 cm³/mol. The van der Waals surface area contributed by atoms with Crippen molar-refractivity contribution in [2.45, 2.75) is 39.7 Å². The SMILES string of the molecule is CCC(CC)C(C)Nc1ncccc1C(N)=O. The van der Waals surface area contributed by atoms with Crippen LogP contribution in [-0.4, -0.2) is 16.9 Å². The number of anilines is 1. The quantitative estimate of drug-likeness (QED) is 0.795. The molecule has 1 aromatic rings. The summed E-state index contributed by atoms with van der Waals surface area (Å²) in [5.41, 5.74) is 5.76. The number of carbonyl (C=O) groups excluding carboxylic acids is 1. The number of nitrogens with zero attached hydrogens (tertiary/aromatic N) is 1. The first-order valence-electron chi connectivity index (χ1n) is 6.11. The van der Waals surface area contributed by atoms with Crippen LogP contribution < -0.4 is 11.1 Å². The van der Waals surface area contributed by atoms with Crippen molar-refractivity contribution in [1.29, 1.82) is 0 Å². The van der Waals surface area contributed by atoms with Gasteiger partial charge in [0.1, 0.15) is 5.82 Å². The molecule has 0 aliphatic carbocycles. The first kappa shape index (κ1) is 13.5. The molecule has 17 heavy (non-hydrogen) atoms. The summed E-state index contributed by atoms with van der Waals surface area (Å²) in [7, 11) is 0. The molecule has 0 aliphatic rings. The summed E-state index contributed by atoms with van der Waals surface area (Å²) in [6.07, 6.45) is 3.86. The largest absolute Gasteiger partial charge is 0.367 e. The Morgan fingerprint density at radius 1 is 1.47 bits per heavy atom. The number of aromatic nitrogens is 1. The third-order valence-electron chi connectivity index (χ3n) is 3.19. The van der Waals surface area contributed by atoms with Gasteiger partial charge in [0.05, 0.1) is 5.56 Å². The monoisotopic (exact) mass is 235 g/mol. The highest BCUT2D eigenvalue weighted by Gasteiger charge is 2.16. The van der Waals surface area contributed by atoms with Crippen LogP contribution in [0.3, 0.4) is 0 Å². The molecule has 1 aromatic heterocycles. The maximum atomic E-state index is 11.3. The van der Waals surface area contributed by atoms with Gasteiger partial charge in [0.25, 0.3) is 5.91 Å². The van der Waals surface area contributed by atoms with Gasteiger partial charge in [-0.05, 0) is 25.0 Å². The topological polar surface area (TPSA) is 68.0 Å². The normalized spacial score (nSPS) is 12.5. The van der Waals surface area contributed by atoms with E-state index in [4.69, 9.17) is 5.73 Å². The Balaban J connectivity index is 2.84. The molecule has 0 saturated carbocycles. The lowest BCUT2D eigenvalue weighted by Crippen LogP contribution is -2.27. The number of hydrogen-bond acceptors (Lipinski definition) is 3. The van der Waals surface area contributed by atoms with E-state index in [1.165, 1.54) is 0 Å². The molecular formula is C13H21N3O. The average molecular weight is 235 g/mol. The Morgan fingerprint density at radius 3 is 2.65 bits per heavy atom. The number of nitrogens with one attached hydrogen (secondary N) is 1. The highest BCUT2D eigenvalue weighted by molar-refractivity contribution is 5.97. The molecule has 1 unspecified atom stereocenters. The maximum Gasteiger partial charge on any atom is 0.252 e. The van der Waals surface area contributed by atoms with Crippen LogP contribution in [0.15, 0.2) is 18.3 Å². The van der Waals surface area contributed by atoms with Crippen LogP contribution >= 0.6 is 0 Å². The van der Waals surface area contributed by atoms with Gasteiger partial charge in [-0.25, -0.2) is 4.98 Å². The molecule has 0 fully saturated rings. The second-order valence-corrected chi connectivity index (χ2v) is 4.27. The van der Waals surface area contributed by atoms with E-state index < -0.39 is 5.91 Å². The number of pyridine rings is 1. The summed E-state index contributed by atoms with van der Waals surface area (Å²) in [6, 6.07) is 3.68. The highest BCUT2D eigenvalue weighted by atomic mass is 16.1. The van der Waals surface area contributed by atoms with Gasteiger partial charge >= 0.3 is 0 Å². The molecule has 0 radical (unpaired) electrons. The number of carbonyl (C=O) groups is 1. The van der Waals surface area contributed by atoms with Crippen molar-refractivity contribution in [3.05, 3.63) is 23.9 Å². The smallest absolute Gasteiger partial charge is 0.252 e. The molecule has 0 saturated heterocycles. The van der Waals surface area contributed by atoms with Crippen molar-refractivity contribution in [3.63, 3.8) is 0 Å². The minimum Gasteiger partial charge on any atom is -0.367 e.